The van der Waals surface area contributed by atoms with Crippen LogP contribution in [-0.2, 0) is 20.6 Å². The first kappa shape index (κ1) is 20.9. The minimum absolute atomic E-state index is 0.0710. The van der Waals surface area contributed by atoms with Crippen molar-refractivity contribution in [3.8, 4) is 0 Å². The fraction of sp³-hybridized carbons (Fsp3) is 0.300. The number of hydrazine groups is 1. The van der Waals surface area contributed by atoms with Gasteiger partial charge in [-0.1, -0.05) is 30.3 Å². The van der Waals surface area contributed by atoms with Crippen molar-refractivity contribution in [3.05, 3.63) is 71.5 Å². The molecule has 2 amide bonds. The van der Waals surface area contributed by atoms with Crippen molar-refractivity contribution >= 4 is 21.8 Å². The zero-order valence-corrected chi connectivity index (χ0v) is 16.5. The number of halogens is 1. The largest absolute Gasteiger partial charge is 0.273 e. The molecule has 0 aromatic heterocycles. The Bertz CT molecular complexity index is 957. The van der Waals surface area contributed by atoms with Gasteiger partial charge in [-0.05, 0) is 42.7 Å². The molecule has 9 heteroatoms. The number of benzene rings is 2. The highest BCUT2D eigenvalue weighted by atomic mass is 32.2. The van der Waals surface area contributed by atoms with E-state index >= 15 is 0 Å². The molecule has 1 saturated heterocycles. The summed E-state index contributed by atoms with van der Waals surface area (Å²) in [5.74, 6) is -1.86. The molecule has 29 heavy (non-hydrogen) atoms. The highest BCUT2D eigenvalue weighted by molar-refractivity contribution is 7.88. The van der Waals surface area contributed by atoms with Crippen molar-refractivity contribution in [1.82, 2.24) is 15.2 Å². The van der Waals surface area contributed by atoms with E-state index in [0.717, 1.165) is 17.7 Å². The summed E-state index contributed by atoms with van der Waals surface area (Å²) in [6, 6.07) is 13.9. The van der Waals surface area contributed by atoms with Crippen LogP contribution < -0.4 is 10.9 Å². The molecule has 0 atom stereocenters. The minimum Gasteiger partial charge on any atom is -0.273 e. The second-order valence-electron chi connectivity index (χ2n) is 6.87. The summed E-state index contributed by atoms with van der Waals surface area (Å²) in [6.45, 7) is 0.498. The van der Waals surface area contributed by atoms with Gasteiger partial charge < -0.3 is 0 Å². The number of hydrogen-bond donors (Lipinski definition) is 2. The van der Waals surface area contributed by atoms with Crippen molar-refractivity contribution in [2.24, 2.45) is 5.92 Å². The molecule has 2 aromatic carbocycles. The summed E-state index contributed by atoms with van der Waals surface area (Å²) in [5, 5.41) is 0. The molecule has 7 nitrogen and oxygen atoms in total. The van der Waals surface area contributed by atoms with Crippen molar-refractivity contribution in [2.75, 3.05) is 13.1 Å². The van der Waals surface area contributed by atoms with Gasteiger partial charge in [0.1, 0.15) is 5.82 Å². The van der Waals surface area contributed by atoms with Gasteiger partial charge in [-0.3, -0.25) is 20.4 Å². The van der Waals surface area contributed by atoms with Crippen molar-refractivity contribution in [1.29, 1.82) is 0 Å². The molecule has 0 bridgehead atoms. The number of sulfonamides is 1. The monoisotopic (exact) mass is 419 g/mol. The second kappa shape index (κ2) is 9.15. The number of piperidine rings is 1. The van der Waals surface area contributed by atoms with Crippen LogP contribution in [0.4, 0.5) is 4.39 Å². The normalized spacial score (nSPS) is 15.6. The number of carbonyl (C=O) groups is 2. The number of carbonyl (C=O) groups excluding carboxylic acids is 2. The van der Waals surface area contributed by atoms with E-state index < -0.39 is 27.7 Å². The van der Waals surface area contributed by atoms with Gasteiger partial charge in [-0.2, -0.15) is 0 Å². The smallest absolute Gasteiger partial charge is 0.269 e. The van der Waals surface area contributed by atoms with Gasteiger partial charge in [0, 0.05) is 24.6 Å². The van der Waals surface area contributed by atoms with Crippen LogP contribution in [0.1, 0.15) is 28.8 Å². The van der Waals surface area contributed by atoms with Gasteiger partial charge in [-0.25, -0.2) is 17.1 Å². The molecule has 0 unspecified atom stereocenters. The summed E-state index contributed by atoms with van der Waals surface area (Å²) in [7, 11) is -3.45. The molecule has 0 aliphatic carbocycles. The molecular formula is C20H22FN3O4S. The third-order valence-electron chi connectivity index (χ3n) is 4.82. The average Bonchev–Trinajstić information content (AvgIpc) is 2.73. The van der Waals surface area contributed by atoms with E-state index in [-0.39, 0.29) is 30.3 Å². The standard InChI is InChI=1S/C20H22FN3O4S/c21-18-8-6-16(7-9-18)19(25)22-23-20(26)17-10-12-24(13-11-17)29(27,28)14-15-4-2-1-3-5-15/h1-9,17H,10-14H2,(H,22,25)(H,23,26). The summed E-state index contributed by atoms with van der Waals surface area (Å²) in [5.41, 5.74) is 5.59. The molecule has 0 spiro atoms. The lowest BCUT2D eigenvalue weighted by atomic mass is 9.98. The van der Waals surface area contributed by atoms with Gasteiger partial charge in [0.05, 0.1) is 5.75 Å². The van der Waals surface area contributed by atoms with E-state index in [1.807, 2.05) is 6.07 Å². The number of amides is 2. The number of nitrogens with zero attached hydrogens (tertiary/aromatic N) is 1. The zero-order chi connectivity index (χ0) is 20.9. The van der Waals surface area contributed by atoms with Gasteiger partial charge >= 0.3 is 0 Å². The van der Waals surface area contributed by atoms with Gasteiger partial charge in [-0.15, -0.1) is 0 Å². The highest BCUT2D eigenvalue weighted by Crippen LogP contribution is 2.21. The molecular weight excluding hydrogens is 397 g/mol. The minimum atomic E-state index is -3.45. The van der Waals surface area contributed by atoms with Gasteiger partial charge in [0.2, 0.25) is 15.9 Å². The van der Waals surface area contributed by atoms with E-state index in [9.17, 15) is 22.4 Å². The maximum absolute atomic E-state index is 12.9. The fourth-order valence-corrected chi connectivity index (χ4v) is 4.73. The number of hydrogen-bond acceptors (Lipinski definition) is 4. The highest BCUT2D eigenvalue weighted by Gasteiger charge is 2.31. The second-order valence-corrected chi connectivity index (χ2v) is 8.83. The van der Waals surface area contributed by atoms with Crippen LogP contribution >= 0.6 is 0 Å². The number of nitrogens with one attached hydrogen (secondary N) is 2. The van der Waals surface area contributed by atoms with E-state index in [1.165, 1.54) is 16.4 Å². The molecule has 0 radical (unpaired) electrons. The van der Waals surface area contributed by atoms with Crippen molar-refractivity contribution in [3.63, 3.8) is 0 Å². The molecule has 0 saturated carbocycles. The molecule has 2 aromatic rings. The lowest BCUT2D eigenvalue weighted by Gasteiger charge is -2.30. The molecule has 1 fully saturated rings. The zero-order valence-electron chi connectivity index (χ0n) is 15.7. The predicted octanol–water partition coefficient (Wildman–Crippen LogP) is 1.83. The van der Waals surface area contributed by atoms with E-state index in [2.05, 4.69) is 10.9 Å². The third kappa shape index (κ3) is 5.61. The van der Waals surface area contributed by atoms with Crippen molar-refractivity contribution in [2.45, 2.75) is 18.6 Å². The van der Waals surface area contributed by atoms with Crippen LogP contribution in [0.5, 0.6) is 0 Å². The Morgan fingerprint density at radius 3 is 2.21 bits per heavy atom. The van der Waals surface area contributed by atoms with Crippen LogP contribution in [0.3, 0.4) is 0 Å². The molecule has 1 aliphatic rings. The third-order valence-corrected chi connectivity index (χ3v) is 6.67. The molecule has 3 rings (SSSR count). The molecule has 154 valence electrons. The van der Waals surface area contributed by atoms with Gasteiger partial charge in [0.15, 0.2) is 0 Å². The predicted molar refractivity (Wildman–Crippen MR) is 105 cm³/mol. The molecule has 2 N–H and O–H groups in total. The Hall–Kier alpha value is -2.78. The average molecular weight is 419 g/mol. The lowest BCUT2D eigenvalue weighted by molar-refractivity contribution is -0.126. The maximum atomic E-state index is 12.9. The topological polar surface area (TPSA) is 95.6 Å². The summed E-state index contributed by atoms with van der Waals surface area (Å²) < 4.78 is 39.4. The Balaban J connectivity index is 1.47. The first-order valence-electron chi connectivity index (χ1n) is 9.23. The first-order valence-corrected chi connectivity index (χ1v) is 10.8. The quantitative estimate of drug-likeness (QED) is 0.723. The van der Waals surface area contributed by atoms with E-state index in [1.54, 1.807) is 24.3 Å². The Morgan fingerprint density at radius 1 is 0.966 bits per heavy atom. The summed E-state index contributed by atoms with van der Waals surface area (Å²) in [4.78, 5) is 24.2. The van der Waals surface area contributed by atoms with Crippen LogP contribution in [0, 0.1) is 11.7 Å². The van der Waals surface area contributed by atoms with Crippen LogP contribution in [0.25, 0.3) is 0 Å². The Kier molecular flexibility index (Phi) is 6.60. The molecule has 1 aliphatic heterocycles. The fourth-order valence-electron chi connectivity index (χ4n) is 3.17. The number of rotatable bonds is 5. The SMILES string of the molecule is O=C(NNC(=O)C1CCN(S(=O)(=O)Cc2ccccc2)CC1)c1ccc(F)cc1. The van der Waals surface area contributed by atoms with Crippen LogP contribution in [-0.4, -0.2) is 37.6 Å². The summed E-state index contributed by atoms with van der Waals surface area (Å²) in [6.07, 6.45) is 0.735. The molecule has 1 heterocycles. The Morgan fingerprint density at radius 2 is 1.59 bits per heavy atom. The summed E-state index contributed by atoms with van der Waals surface area (Å²) >= 11 is 0. The maximum Gasteiger partial charge on any atom is 0.269 e. The van der Waals surface area contributed by atoms with Crippen molar-refractivity contribution < 1.29 is 22.4 Å². The van der Waals surface area contributed by atoms with Gasteiger partial charge in [0.25, 0.3) is 5.91 Å². The lowest BCUT2D eigenvalue weighted by Crippen LogP contribution is -2.48. The van der Waals surface area contributed by atoms with E-state index in [4.69, 9.17) is 0 Å². The first-order chi connectivity index (χ1) is 13.8. The van der Waals surface area contributed by atoms with E-state index in [0.29, 0.717) is 12.8 Å². The van der Waals surface area contributed by atoms with Crippen LogP contribution in [0.2, 0.25) is 0 Å². The Labute approximate surface area is 168 Å². The van der Waals surface area contributed by atoms with Crippen LogP contribution in [0.15, 0.2) is 54.6 Å².